The standard InChI is InChI=1S/C14H10F3N3O5/c15-14(16,17)13-18-11(19-25-13)7-1-3-8(4-2-7)20-9(12(22)23)5-24-6-10(20)21/h1-4,9H,5-6H2,(H,22,23). The monoisotopic (exact) mass is 357 g/mol. The maximum Gasteiger partial charge on any atom is 0.471 e. The molecule has 0 saturated carbocycles. The number of morpholine rings is 1. The first kappa shape index (κ1) is 16.9. The number of hydrogen-bond acceptors (Lipinski definition) is 6. The Morgan fingerprint density at radius 3 is 2.52 bits per heavy atom. The first-order chi connectivity index (χ1) is 11.8. The zero-order chi connectivity index (χ0) is 18.2. The Labute approximate surface area is 137 Å². The molecule has 1 amide bonds. The van der Waals surface area contributed by atoms with E-state index in [4.69, 9.17) is 4.74 Å². The molecule has 25 heavy (non-hydrogen) atoms. The number of anilines is 1. The second-order valence-corrected chi connectivity index (χ2v) is 5.10. The molecule has 1 unspecified atom stereocenters. The van der Waals surface area contributed by atoms with Gasteiger partial charge in [0.2, 0.25) is 5.82 Å². The van der Waals surface area contributed by atoms with Crippen LogP contribution in [0.25, 0.3) is 11.4 Å². The molecule has 1 atom stereocenters. The average molecular weight is 357 g/mol. The van der Waals surface area contributed by atoms with Crippen LogP contribution < -0.4 is 4.90 Å². The number of carboxylic acid groups (broad SMARTS) is 1. The number of carboxylic acids is 1. The van der Waals surface area contributed by atoms with Crippen molar-refractivity contribution in [3.8, 4) is 11.4 Å². The van der Waals surface area contributed by atoms with Crippen molar-refractivity contribution in [2.45, 2.75) is 12.2 Å². The summed E-state index contributed by atoms with van der Waals surface area (Å²) in [6.45, 7) is -0.423. The van der Waals surface area contributed by atoms with Gasteiger partial charge in [0.25, 0.3) is 5.91 Å². The number of ether oxygens (including phenoxy) is 1. The van der Waals surface area contributed by atoms with E-state index in [1.54, 1.807) is 0 Å². The second-order valence-electron chi connectivity index (χ2n) is 5.10. The Hall–Kier alpha value is -2.95. The van der Waals surface area contributed by atoms with Crippen LogP contribution >= 0.6 is 0 Å². The van der Waals surface area contributed by atoms with E-state index >= 15 is 0 Å². The zero-order valence-corrected chi connectivity index (χ0v) is 12.4. The maximum atomic E-state index is 12.5. The fourth-order valence-corrected chi connectivity index (χ4v) is 2.31. The molecule has 0 bridgehead atoms. The third-order valence-electron chi connectivity index (χ3n) is 3.44. The van der Waals surface area contributed by atoms with Crippen molar-refractivity contribution in [3.05, 3.63) is 30.2 Å². The predicted octanol–water partition coefficient (Wildman–Crippen LogP) is 1.57. The summed E-state index contributed by atoms with van der Waals surface area (Å²) in [6.07, 6.45) is -4.75. The predicted molar refractivity (Wildman–Crippen MR) is 74.5 cm³/mol. The number of aromatic nitrogens is 2. The highest BCUT2D eigenvalue weighted by Gasteiger charge is 2.39. The highest BCUT2D eigenvalue weighted by atomic mass is 19.4. The van der Waals surface area contributed by atoms with Crippen molar-refractivity contribution in [1.82, 2.24) is 10.1 Å². The number of nitrogens with zero attached hydrogens (tertiary/aromatic N) is 3. The number of alkyl halides is 3. The van der Waals surface area contributed by atoms with Crippen molar-refractivity contribution in [2.75, 3.05) is 18.1 Å². The molecule has 1 N–H and O–H groups in total. The molecule has 1 aromatic carbocycles. The largest absolute Gasteiger partial charge is 0.480 e. The Kier molecular flexibility index (Phi) is 4.17. The molecule has 8 nitrogen and oxygen atoms in total. The lowest BCUT2D eigenvalue weighted by Gasteiger charge is -2.32. The van der Waals surface area contributed by atoms with Gasteiger partial charge in [0.15, 0.2) is 6.04 Å². The summed E-state index contributed by atoms with van der Waals surface area (Å²) in [7, 11) is 0. The summed E-state index contributed by atoms with van der Waals surface area (Å²) < 4.78 is 46.5. The molecule has 1 aromatic heterocycles. The third-order valence-corrected chi connectivity index (χ3v) is 3.44. The Balaban J connectivity index is 1.88. The maximum absolute atomic E-state index is 12.5. The van der Waals surface area contributed by atoms with Gasteiger partial charge in [0, 0.05) is 11.3 Å². The van der Waals surface area contributed by atoms with Crippen molar-refractivity contribution in [1.29, 1.82) is 0 Å². The molecule has 0 spiro atoms. The summed E-state index contributed by atoms with van der Waals surface area (Å²) in [5.41, 5.74) is 0.486. The molecule has 132 valence electrons. The lowest BCUT2D eigenvalue weighted by molar-refractivity contribution is -0.159. The molecule has 1 aliphatic rings. The summed E-state index contributed by atoms with van der Waals surface area (Å²) >= 11 is 0. The molecule has 1 aliphatic heterocycles. The van der Waals surface area contributed by atoms with Gasteiger partial charge in [-0.25, -0.2) is 4.79 Å². The van der Waals surface area contributed by atoms with Crippen molar-refractivity contribution < 1.29 is 37.1 Å². The highest BCUT2D eigenvalue weighted by molar-refractivity contribution is 6.00. The van der Waals surface area contributed by atoms with Gasteiger partial charge in [0.1, 0.15) is 6.61 Å². The lowest BCUT2D eigenvalue weighted by atomic mass is 10.1. The first-order valence-electron chi connectivity index (χ1n) is 6.91. The third kappa shape index (κ3) is 3.31. The van der Waals surface area contributed by atoms with E-state index in [2.05, 4.69) is 14.7 Å². The van der Waals surface area contributed by atoms with Gasteiger partial charge in [-0.15, -0.1) is 0 Å². The normalized spacial score (nSPS) is 18.4. The van der Waals surface area contributed by atoms with E-state index in [0.29, 0.717) is 0 Å². The molecule has 0 radical (unpaired) electrons. The summed E-state index contributed by atoms with van der Waals surface area (Å²) in [4.78, 5) is 27.5. The number of rotatable bonds is 3. The topological polar surface area (TPSA) is 106 Å². The molecule has 3 rings (SSSR count). The molecule has 2 aromatic rings. The number of carbonyl (C=O) groups is 2. The van der Waals surface area contributed by atoms with Crippen LogP contribution in [0.3, 0.4) is 0 Å². The van der Waals surface area contributed by atoms with Crippen LogP contribution in [-0.2, 0) is 20.5 Å². The SMILES string of the molecule is O=C(O)C1COCC(=O)N1c1ccc(-c2noc(C(F)(F)F)n2)cc1. The van der Waals surface area contributed by atoms with Crippen LogP contribution in [0.5, 0.6) is 0 Å². The van der Waals surface area contributed by atoms with Gasteiger partial charge in [-0.2, -0.15) is 18.2 Å². The minimum atomic E-state index is -4.75. The summed E-state index contributed by atoms with van der Waals surface area (Å²) in [5, 5.41) is 12.4. The number of benzene rings is 1. The quantitative estimate of drug-likeness (QED) is 0.889. The fourth-order valence-electron chi connectivity index (χ4n) is 2.31. The summed E-state index contributed by atoms with van der Waals surface area (Å²) in [5.74, 6) is -3.52. The fraction of sp³-hybridized carbons (Fsp3) is 0.286. The van der Waals surface area contributed by atoms with Crippen LogP contribution in [-0.4, -0.2) is 46.4 Å². The Morgan fingerprint density at radius 1 is 1.28 bits per heavy atom. The minimum Gasteiger partial charge on any atom is -0.480 e. The number of hydrogen-bond donors (Lipinski definition) is 1. The Morgan fingerprint density at radius 2 is 1.96 bits per heavy atom. The lowest BCUT2D eigenvalue weighted by Crippen LogP contribution is -2.53. The second kappa shape index (κ2) is 6.16. The summed E-state index contributed by atoms with van der Waals surface area (Å²) in [6, 6.07) is 4.31. The minimum absolute atomic E-state index is 0.164. The van der Waals surface area contributed by atoms with Gasteiger partial charge in [-0.3, -0.25) is 9.69 Å². The first-order valence-corrected chi connectivity index (χ1v) is 6.91. The number of halogens is 3. The molecule has 2 heterocycles. The molecule has 1 fully saturated rings. The number of carbonyl (C=O) groups excluding carboxylic acids is 1. The van der Waals surface area contributed by atoms with E-state index in [9.17, 15) is 27.9 Å². The van der Waals surface area contributed by atoms with E-state index in [-0.39, 0.29) is 30.3 Å². The van der Waals surface area contributed by atoms with Gasteiger partial charge in [0.05, 0.1) is 6.61 Å². The average Bonchev–Trinajstić information content (AvgIpc) is 3.05. The van der Waals surface area contributed by atoms with E-state index < -0.39 is 30.0 Å². The van der Waals surface area contributed by atoms with Crippen LogP contribution in [0.2, 0.25) is 0 Å². The van der Waals surface area contributed by atoms with E-state index in [1.165, 1.54) is 24.3 Å². The van der Waals surface area contributed by atoms with Gasteiger partial charge in [-0.1, -0.05) is 5.16 Å². The van der Waals surface area contributed by atoms with Crippen molar-refractivity contribution in [2.24, 2.45) is 0 Å². The van der Waals surface area contributed by atoms with Crippen LogP contribution in [0.1, 0.15) is 5.89 Å². The smallest absolute Gasteiger partial charge is 0.471 e. The number of aliphatic carboxylic acids is 1. The molecule has 11 heteroatoms. The molecular formula is C14H10F3N3O5. The molecular weight excluding hydrogens is 347 g/mol. The van der Waals surface area contributed by atoms with Gasteiger partial charge >= 0.3 is 18.0 Å². The van der Waals surface area contributed by atoms with Gasteiger partial charge in [-0.05, 0) is 24.3 Å². The zero-order valence-electron chi connectivity index (χ0n) is 12.4. The molecule has 1 saturated heterocycles. The van der Waals surface area contributed by atoms with Crippen LogP contribution in [0.15, 0.2) is 28.8 Å². The van der Waals surface area contributed by atoms with Crippen LogP contribution in [0.4, 0.5) is 18.9 Å². The van der Waals surface area contributed by atoms with Crippen LogP contribution in [0, 0.1) is 0 Å². The van der Waals surface area contributed by atoms with E-state index in [0.717, 1.165) is 4.90 Å². The number of amides is 1. The molecule has 0 aliphatic carbocycles. The van der Waals surface area contributed by atoms with Crippen molar-refractivity contribution >= 4 is 17.6 Å². The highest BCUT2D eigenvalue weighted by Crippen LogP contribution is 2.30. The Bertz CT molecular complexity index is 803. The van der Waals surface area contributed by atoms with E-state index in [1.807, 2.05) is 0 Å². The van der Waals surface area contributed by atoms with Gasteiger partial charge < -0.3 is 14.4 Å². The van der Waals surface area contributed by atoms with Crippen molar-refractivity contribution in [3.63, 3.8) is 0 Å².